The van der Waals surface area contributed by atoms with E-state index in [1.165, 1.54) is 180 Å². The van der Waals surface area contributed by atoms with Gasteiger partial charge < -0.3 is 45.1 Å². The Morgan fingerprint density at radius 3 is 1.25 bits per heavy atom. The molecule has 0 bridgehead atoms. The van der Waals surface area contributed by atoms with Crippen LogP contribution in [0.5, 0.6) is 0 Å². The van der Waals surface area contributed by atoms with Crippen LogP contribution in [0.25, 0.3) is 0 Å². The van der Waals surface area contributed by atoms with Crippen LogP contribution in [0, 0.1) is 0 Å². The number of carbonyl (C=O) groups is 2. The van der Waals surface area contributed by atoms with Gasteiger partial charge in [0.2, 0.25) is 5.91 Å². The number of nitrogens with one attached hydrogen (secondary N) is 1. The maximum atomic E-state index is 13.5. The lowest BCUT2D eigenvalue weighted by atomic mass is 9.99. The molecule has 0 aromatic carbocycles. The zero-order valence-electron chi connectivity index (χ0n) is 54.3. The Kier molecular flexibility index (Phi) is 56.9. The van der Waals surface area contributed by atoms with Crippen molar-refractivity contribution < 1.29 is 49.3 Å². The molecule has 11 heteroatoms. The number of esters is 1. The molecule has 0 spiro atoms. The van der Waals surface area contributed by atoms with Crippen molar-refractivity contribution in [2.24, 2.45) is 0 Å². The quantitative estimate of drug-likeness (QED) is 0.0195. The van der Waals surface area contributed by atoms with Crippen LogP contribution >= 0.6 is 0 Å². The van der Waals surface area contributed by atoms with Crippen LogP contribution < -0.4 is 5.32 Å². The summed E-state index contributed by atoms with van der Waals surface area (Å²) >= 11 is 0. The standard InChI is InChI=1S/C73H131NO10/c1-4-7-10-13-16-19-22-25-27-29-31-32-33-34-35-36-37-39-41-43-46-49-52-55-58-61-68(78)84-71-70(80)69(79)67(62-75)83-73(71)82-63-64(65(76)59-56-53-50-47-44-24-21-18-15-12-9-6-3)74-72(81)66(77)60-57-54-51-48-45-42-40-38-30-28-26-23-20-17-14-11-8-5-2/h16-17,19-20,25-28,38,40,56,59,64-67,69-71,73,75-77,79-80H,4-15,18,21-24,29-37,39,41-55,57-58,60-63H2,1-3H3,(H,74,81)/b19-16-,20-17-,27-25-,28-26-,40-38-,59-56+. The molecular weight excluding hydrogens is 1050 g/mol. The van der Waals surface area contributed by atoms with Crippen LogP contribution in [0.4, 0.5) is 0 Å². The molecule has 0 radical (unpaired) electrons. The monoisotopic (exact) mass is 1180 g/mol. The fourth-order valence-corrected chi connectivity index (χ4v) is 10.7. The third-order valence-corrected chi connectivity index (χ3v) is 16.3. The molecule has 84 heavy (non-hydrogen) atoms. The van der Waals surface area contributed by atoms with Crippen molar-refractivity contribution in [2.75, 3.05) is 13.2 Å². The SMILES string of the molecule is CCCCC/C=C\C/C=C\C/C=C\CCCCCCCC(O)C(=O)NC(COC1OC(CO)C(O)C(O)C1OC(=O)CCCCCCCCCCCCCCCCC/C=C\C/C=C\CCCCC)C(O)/C=C/CCCCCCCCCCCC. The molecule has 11 nitrogen and oxygen atoms in total. The summed E-state index contributed by atoms with van der Waals surface area (Å²) in [4.78, 5) is 26.7. The molecule has 1 rings (SSSR count). The number of ether oxygens (including phenoxy) is 3. The van der Waals surface area contributed by atoms with Gasteiger partial charge in [0, 0.05) is 6.42 Å². The maximum Gasteiger partial charge on any atom is 0.306 e. The second kappa shape index (κ2) is 60.4. The second-order valence-corrected chi connectivity index (χ2v) is 24.3. The van der Waals surface area contributed by atoms with Gasteiger partial charge in [0.25, 0.3) is 0 Å². The van der Waals surface area contributed by atoms with E-state index in [0.717, 1.165) is 89.9 Å². The summed E-state index contributed by atoms with van der Waals surface area (Å²) in [6.45, 7) is 5.76. The molecule has 6 N–H and O–H groups in total. The van der Waals surface area contributed by atoms with Gasteiger partial charge in [0.15, 0.2) is 12.4 Å². The summed E-state index contributed by atoms with van der Waals surface area (Å²) in [5.41, 5.74) is 0. The van der Waals surface area contributed by atoms with Gasteiger partial charge in [0.05, 0.1) is 25.4 Å². The minimum absolute atomic E-state index is 0.121. The van der Waals surface area contributed by atoms with Gasteiger partial charge in [-0.2, -0.15) is 0 Å². The highest BCUT2D eigenvalue weighted by atomic mass is 16.7. The summed E-state index contributed by atoms with van der Waals surface area (Å²) in [5, 5.41) is 57.2. The topological polar surface area (TPSA) is 175 Å². The van der Waals surface area contributed by atoms with Crippen LogP contribution in [0.2, 0.25) is 0 Å². The maximum absolute atomic E-state index is 13.5. The Morgan fingerprint density at radius 1 is 0.464 bits per heavy atom. The van der Waals surface area contributed by atoms with Crippen molar-refractivity contribution in [2.45, 2.75) is 365 Å². The van der Waals surface area contributed by atoms with E-state index in [1.54, 1.807) is 6.08 Å². The predicted octanol–water partition coefficient (Wildman–Crippen LogP) is 17.9. The number of hydrogen-bond acceptors (Lipinski definition) is 10. The number of aliphatic hydroxyl groups is 5. The van der Waals surface area contributed by atoms with Crippen LogP contribution in [-0.2, 0) is 23.8 Å². The molecule has 0 aliphatic carbocycles. The number of aliphatic hydroxyl groups excluding tert-OH is 5. The minimum Gasteiger partial charge on any atom is -0.454 e. The highest BCUT2D eigenvalue weighted by Gasteiger charge is 2.47. The average molecular weight is 1180 g/mol. The highest BCUT2D eigenvalue weighted by molar-refractivity contribution is 5.80. The van der Waals surface area contributed by atoms with E-state index >= 15 is 0 Å². The van der Waals surface area contributed by atoms with Crippen LogP contribution in [-0.4, -0.2) is 99.6 Å². The van der Waals surface area contributed by atoms with Gasteiger partial charge in [-0.05, 0) is 96.3 Å². The van der Waals surface area contributed by atoms with Crippen LogP contribution in [0.3, 0.4) is 0 Å². The molecule has 0 aromatic heterocycles. The summed E-state index contributed by atoms with van der Waals surface area (Å²) in [6.07, 6.45) is 67.9. The lowest BCUT2D eigenvalue weighted by Gasteiger charge is -2.41. The second-order valence-electron chi connectivity index (χ2n) is 24.3. The smallest absolute Gasteiger partial charge is 0.306 e. The Morgan fingerprint density at radius 2 is 0.821 bits per heavy atom. The zero-order chi connectivity index (χ0) is 61.0. The first kappa shape index (κ1) is 79.1. The van der Waals surface area contributed by atoms with E-state index in [2.05, 4.69) is 86.8 Å². The van der Waals surface area contributed by atoms with Crippen molar-refractivity contribution in [1.29, 1.82) is 0 Å². The molecule has 1 heterocycles. The Balaban J connectivity index is 2.57. The molecule has 488 valence electrons. The third kappa shape index (κ3) is 47.2. The van der Waals surface area contributed by atoms with E-state index in [4.69, 9.17) is 14.2 Å². The van der Waals surface area contributed by atoms with Gasteiger partial charge in [-0.25, -0.2) is 0 Å². The number of unbranched alkanes of at least 4 members (excludes halogenated alkanes) is 36. The minimum atomic E-state index is -1.62. The molecule has 0 saturated carbocycles. The van der Waals surface area contributed by atoms with Crippen molar-refractivity contribution >= 4 is 11.9 Å². The van der Waals surface area contributed by atoms with Crippen molar-refractivity contribution in [3.05, 3.63) is 72.9 Å². The van der Waals surface area contributed by atoms with E-state index in [0.29, 0.717) is 12.8 Å². The molecule has 1 fully saturated rings. The van der Waals surface area contributed by atoms with E-state index in [1.807, 2.05) is 6.08 Å². The van der Waals surface area contributed by atoms with Crippen molar-refractivity contribution in [3.8, 4) is 0 Å². The molecule has 1 saturated heterocycles. The zero-order valence-corrected chi connectivity index (χ0v) is 54.3. The Bertz CT molecular complexity index is 1640. The molecule has 1 amide bonds. The fourth-order valence-electron chi connectivity index (χ4n) is 10.7. The number of amides is 1. The first-order valence-electron chi connectivity index (χ1n) is 35.2. The van der Waals surface area contributed by atoms with Gasteiger partial charge in [-0.1, -0.05) is 286 Å². The van der Waals surface area contributed by atoms with Gasteiger partial charge >= 0.3 is 5.97 Å². The molecule has 8 unspecified atom stereocenters. The van der Waals surface area contributed by atoms with Crippen molar-refractivity contribution in [1.82, 2.24) is 5.32 Å². The predicted molar refractivity (Wildman–Crippen MR) is 352 cm³/mol. The summed E-state index contributed by atoms with van der Waals surface area (Å²) in [7, 11) is 0. The van der Waals surface area contributed by atoms with Gasteiger partial charge in [-0.15, -0.1) is 0 Å². The first-order valence-corrected chi connectivity index (χ1v) is 35.2. The third-order valence-electron chi connectivity index (χ3n) is 16.3. The molecule has 0 aromatic rings. The Labute approximate surface area is 515 Å². The molecule has 1 aliphatic rings. The number of carbonyl (C=O) groups excluding carboxylic acids is 2. The summed E-state index contributed by atoms with van der Waals surface area (Å²) in [5.74, 6) is -1.20. The van der Waals surface area contributed by atoms with Crippen LogP contribution in [0.15, 0.2) is 72.9 Å². The van der Waals surface area contributed by atoms with E-state index < -0.39 is 67.4 Å². The largest absolute Gasteiger partial charge is 0.454 e. The highest BCUT2D eigenvalue weighted by Crippen LogP contribution is 2.26. The normalized spacial score (nSPS) is 18.9. The summed E-state index contributed by atoms with van der Waals surface area (Å²) < 4.78 is 17.7. The van der Waals surface area contributed by atoms with Gasteiger partial charge in [-0.3, -0.25) is 9.59 Å². The van der Waals surface area contributed by atoms with Crippen molar-refractivity contribution in [3.63, 3.8) is 0 Å². The van der Waals surface area contributed by atoms with Crippen LogP contribution in [0.1, 0.15) is 316 Å². The molecular formula is C73H131NO10. The number of hydrogen-bond donors (Lipinski definition) is 6. The number of rotatable bonds is 60. The first-order chi connectivity index (χ1) is 41.2. The van der Waals surface area contributed by atoms with E-state index in [9.17, 15) is 35.1 Å². The molecule has 1 aliphatic heterocycles. The molecule has 8 atom stereocenters. The fraction of sp³-hybridized carbons (Fsp3) is 0.808. The Hall–Kier alpha value is -2.90. The van der Waals surface area contributed by atoms with Gasteiger partial charge in [0.1, 0.15) is 24.4 Å². The summed E-state index contributed by atoms with van der Waals surface area (Å²) in [6, 6.07) is -1.03. The average Bonchev–Trinajstić information content (AvgIpc) is 3.67. The lowest BCUT2D eigenvalue weighted by Crippen LogP contribution is -2.61. The number of allylic oxidation sites excluding steroid dienone is 11. The lowest BCUT2D eigenvalue weighted by molar-refractivity contribution is -0.305. The van der Waals surface area contributed by atoms with E-state index in [-0.39, 0.29) is 19.4 Å².